The average Bonchev–Trinajstić information content (AvgIpc) is 2.49. The summed E-state index contributed by atoms with van der Waals surface area (Å²) >= 11 is 0. The van der Waals surface area contributed by atoms with Gasteiger partial charge < -0.3 is 4.74 Å². The molecule has 2 unspecified atom stereocenters. The van der Waals surface area contributed by atoms with Crippen LogP contribution in [-0.2, 0) is 5.41 Å². The second-order valence-corrected chi connectivity index (χ2v) is 6.92. The Morgan fingerprint density at radius 1 is 1.38 bits per heavy atom. The first kappa shape index (κ1) is 14.6. The van der Waals surface area contributed by atoms with E-state index in [1.54, 1.807) is 7.11 Å². The van der Waals surface area contributed by atoms with Crippen molar-refractivity contribution in [3.63, 3.8) is 0 Å². The Hall–Kier alpha value is -1.31. The average molecular weight is 286 g/mol. The minimum absolute atomic E-state index is 0.224. The smallest absolute Gasteiger partial charge is 0.163 e. The number of rotatable bonds is 3. The summed E-state index contributed by atoms with van der Waals surface area (Å²) < 4.78 is 5.33. The van der Waals surface area contributed by atoms with Crippen molar-refractivity contribution in [1.29, 1.82) is 0 Å². The Balaban J connectivity index is 2.15. The Morgan fingerprint density at radius 2 is 2.19 bits per heavy atom. The molecule has 0 saturated heterocycles. The molecule has 114 valence electrons. The van der Waals surface area contributed by atoms with Gasteiger partial charge in [-0.15, -0.1) is 0 Å². The van der Waals surface area contributed by atoms with Gasteiger partial charge in [-0.3, -0.25) is 4.79 Å². The molecule has 21 heavy (non-hydrogen) atoms. The molecular weight excluding hydrogens is 260 g/mol. The minimum atomic E-state index is 0.224. The van der Waals surface area contributed by atoms with Gasteiger partial charge in [-0.2, -0.15) is 0 Å². The van der Waals surface area contributed by atoms with E-state index >= 15 is 0 Å². The van der Waals surface area contributed by atoms with E-state index in [0.29, 0.717) is 17.6 Å². The third-order valence-electron chi connectivity index (χ3n) is 5.84. The molecule has 2 nitrogen and oxygen atoms in total. The molecule has 0 spiro atoms. The van der Waals surface area contributed by atoms with Gasteiger partial charge in [0.15, 0.2) is 5.78 Å². The van der Waals surface area contributed by atoms with Gasteiger partial charge in [0, 0.05) is 12.0 Å². The zero-order chi connectivity index (χ0) is 15.0. The first-order valence-corrected chi connectivity index (χ1v) is 8.34. The van der Waals surface area contributed by atoms with Crippen LogP contribution < -0.4 is 4.74 Å². The molecule has 3 rings (SSSR count). The number of hydrogen-bond acceptors (Lipinski definition) is 2. The van der Waals surface area contributed by atoms with Crippen LogP contribution in [0.1, 0.15) is 68.3 Å². The Bertz CT molecular complexity index is 544. The molecule has 0 aromatic heterocycles. The predicted octanol–water partition coefficient (Wildman–Crippen LogP) is 4.76. The Kier molecular flexibility index (Phi) is 3.81. The predicted molar refractivity (Wildman–Crippen MR) is 85.0 cm³/mol. The largest absolute Gasteiger partial charge is 0.497 e. The molecular formula is C19H26O2. The fraction of sp³-hybridized carbons (Fsp3) is 0.632. The van der Waals surface area contributed by atoms with Crippen molar-refractivity contribution in [2.45, 2.75) is 57.8 Å². The lowest BCUT2D eigenvalue weighted by atomic mass is 9.52. The highest BCUT2D eigenvalue weighted by Gasteiger charge is 2.49. The van der Waals surface area contributed by atoms with Crippen LogP contribution in [0.5, 0.6) is 5.75 Å². The van der Waals surface area contributed by atoms with Crippen LogP contribution in [0.2, 0.25) is 0 Å². The monoisotopic (exact) mass is 286 g/mol. The second kappa shape index (κ2) is 5.47. The van der Waals surface area contributed by atoms with Crippen LogP contribution in [0.3, 0.4) is 0 Å². The van der Waals surface area contributed by atoms with E-state index in [0.717, 1.165) is 17.7 Å². The second-order valence-electron chi connectivity index (χ2n) is 6.92. The van der Waals surface area contributed by atoms with Gasteiger partial charge in [0.2, 0.25) is 0 Å². The molecule has 3 atom stereocenters. The number of ketones is 1. The topological polar surface area (TPSA) is 26.3 Å². The normalized spacial score (nSPS) is 31.5. The van der Waals surface area contributed by atoms with Crippen LogP contribution >= 0.6 is 0 Å². The number of carbonyl (C=O) groups is 1. The van der Waals surface area contributed by atoms with Crippen molar-refractivity contribution in [1.82, 2.24) is 0 Å². The van der Waals surface area contributed by atoms with Gasteiger partial charge in [0.1, 0.15) is 5.75 Å². The van der Waals surface area contributed by atoms with Gasteiger partial charge in [-0.1, -0.05) is 39.2 Å². The van der Waals surface area contributed by atoms with Gasteiger partial charge in [-0.05, 0) is 47.8 Å². The van der Waals surface area contributed by atoms with Crippen molar-refractivity contribution in [2.24, 2.45) is 11.8 Å². The van der Waals surface area contributed by atoms with E-state index in [9.17, 15) is 4.79 Å². The molecule has 2 aliphatic rings. The Labute approximate surface area is 127 Å². The third kappa shape index (κ3) is 2.20. The summed E-state index contributed by atoms with van der Waals surface area (Å²) in [6.07, 6.45) is 6.91. The molecule has 1 aromatic rings. The zero-order valence-corrected chi connectivity index (χ0v) is 13.4. The van der Waals surface area contributed by atoms with Gasteiger partial charge in [0.05, 0.1) is 7.11 Å². The molecule has 0 heterocycles. The van der Waals surface area contributed by atoms with Crippen molar-refractivity contribution in [3.05, 3.63) is 29.3 Å². The number of methoxy groups -OCH3 is 1. The molecule has 1 saturated carbocycles. The van der Waals surface area contributed by atoms with Crippen molar-refractivity contribution >= 4 is 5.78 Å². The number of Topliss-reactive ketones (excluding diaryl/α,β-unsaturated/α-hetero) is 1. The van der Waals surface area contributed by atoms with E-state index in [1.165, 1.54) is 37.7 Å². The molecule has 2 aliphatic carbocycles. The number of carbonyl (C=O) groups excluding carboxylic acids is 1. The van der Waals surface area contributed by atoms with Crippen LogP contribution in [0.4, 0.5) is 0 Å². The number of fused-ring (bicyclic) bond motifs is 3. The van der Waals surface area contributed by atoms with Gasteiger partial charge >= 0.3 is 0 Å². The van der Waals surface area contributed by atoms with Crippen LogP contribution in [0.25, 0.3) is 0 Å². The van der Waals surface area contributed by atoms with E-state index in [4.69, 9.17) is 4.74 Å². The fourth-order valence-corrected chi connectivity index (χ4v) is 4.92. The standard InChI is InChI=1S/C19H26O2/c1-4-9-19-10-5-6-13(2)17(19)12-18(20)15-11-14(21-3)7-8-16(15)19/h7-8,11,13,17H,4-6,9-10,12H2,1-3H3/t13-,17?,19?/m0/s1. The van der Waals surface area contributed by atoms with Crippen molar-refractivity contribution < 1.29 is 9.53 Å². The summed E-state index contributed by atoms with van der Waals surface area (Å²) in [6, 6.07) is 6.17. The molecule has 0 aliphatic heterocycles. The molecule has 0 amide bonds. The maximum atomic E-state index is 12.6. The summed E-state index contributed by atoms with van der Waals surface area (Å²) in [5.41, 5.74) is 2.45. The minimum Gasteiger partial charge on any atom is -0.497 e. The maximum Gasteiger partial charge on any atom is 0.163 e. The first-order valence-electron chi connectivity index (χ1n) is 8.34. The van der Waals surface area contributed by atoms with Crippen molar-refractivity contribution in [3.8, 4) is 5.75 Å². The number of ether oxygens (including phenoxy) is 1. The summed E-state index contributed by atoms with van der Waals surface area (Å²) in [6.45, 7) is 4.61. The lowest BCUT2D eigenvalue weighted by molar-refractivity contribution is 0.0677. The number of benzene rings is 1. The van der Waals surface area contributed by atoms with Crippen LogP contribution in [-0.4, -0.2) is 12.9 Å². The molecule has 0 radical (unpaired) electrons. The summed E-state index contributed by atoms with van der Waals surface area (Å²) in [4.78, 5) is 12.6. The third-order valence-corrected chi connectivity index (χ3v) is 5.84. The van der Waals surface area contributed by atoms with Crippen molar-refractivity contribution in [2.75, 3.05) is 7.11 Å². The highest BCUT2D eigenvalue weighted by molar-refractivity contribution is 6.00. The van der Waals surface area contributed by atoms with Crippen LogP contribution in [0.15, 0.2) is 18.2 Å². The summed E-state index contributed by atoms with van der Waals surface area (Å²) in [5, 5.41) is 0. The quantitative estimate of drug-likeness (QED) is 0.801. The highest BCUT2D eigenvalue weighted by atomic mass is 16.5. The first-order chi connectivity index (χ1) is 10.1. The summed E-state index contributed by atoms with van der Waals surface area (Å²) in [5.74, 6) is 2.30. The van der Waals surface area contributed by atoms with Crippen LogP contribution in [0, 0.1) is 11.8 Å². The van der Waals surface area contributed by atoms with E-state index in [1.807, 2.05) is 12.1 Å². The highest BCUT2D eigenvalue weighted by Crippen LogP contribution is 2.54. The van der Waals surface area contributed by atoms with E-state index in [2.05, 4.69) is 19.9 Å². The number of hydrogen-bond donors (Lipinski definition) is 0. The van der Waals surface area contributed by atoms with Gasteiger partial charge in [-0.25, -0.2) is 0 Å². The molecule has 2 heteroatoms. The lowest BCUT2D eigenvalue weighted by Gasteiger charge is -2.51. The Morgan fingerprint density at radius 3 is 2.90 bits per heavy atom. The van der Waals surface area contributed by atoms with E-state index < -0.39 is 0 Å². The molecule has 0 bridgehead atoms. The molecule has 1 aromatic carbocycles. The van der Waals surface area contributed by atoms with Gasteiger partial charge in [0.25, 0.3) is 0 Å². The molecule has 1 fully saturated rings. The SMILES string of the molecule is CCCC12CCC[C@H](C)C1CC(=O)c1cc(OC)ccc12. The fourth-order valence-electron chi connectivity index (χ4n) is 4.92. The maximum absolute atomic E-state index is 12.6. The molecule has 0 N–H and O–H groups in total. The van der Waals surface area contributed by atoms with E-state index in [-0.39, 0.29) is 5.41 Å². The lowest BCUT2D eigenvalue weighted by Crippen LogP contribution is -2.47. The summed E-state index contributed by atoms with van der Waals surface area (Å²) in [7, 11) is 1.67. The zero-order valence-electron chi connectivity index (χ0n) is 13.4.